The molecule has 7 heteroatoms. The minimum atomic E-state index is 0.148. The van der Waals surface area contributed by atoms with Crippen LogP contribution < -0.4 is 11.1 Å². The first-order valence-electron chi connectivity index (χ1n) is 4.62. The minimum Gasteiger partial charge on any atom is -0.569 e. The molecule has 0 radical (unpaired) electrons. The highest BCUT2D eigenvalue weighted by Gasteiger charge is 2.10. The maximum absolute atomic E-state index is 10.9. The van der Waals surface area contributed by atoms with Crippen molar-refractivity contribution in [3.8, 4) is 0 Å². The first kappa shape index (κ1) is 12.9. The molecule has 0 saturated heterocycles. The van der Waals surface area contributed by atoms with Gasteiger partial charge in [0.1, 0.15) is 0 Å². The van der Waals surface area contributed by atoms with Crippen LogP contribution in [0.2, 0.25) is 0 Å². The predicted molar refractivity (Wildman–Crippen MR) is 51.6 cm³/mol. The third-order valence-corrected chi connectivity index (χ3v) is 1.63. The Labute approximate surface area is 83.7 Å². The number of hydrogen-bond acceptors (Lipinski definition) is 4. The first-order chi connectivity index (χ1) is 6.61. The maximum Gasteiger partial charge on any atom is 0.230 e. The van der Waals surface area contributed by atoms with Crippen molar-refractivity contribution in [2.45, 2.75) is 19.9 Å². The van der Waals surface area contributed by atoms with Crippen LogP contribution in [0.5, 0.6) is 0 Å². The number of nitrogens with zero attached hydrogens (tertiary/aromatic N) is 3. The summed E-state index contributed by atoms with van der Waals surface area (Å²) in [6.07, 6.45) is 0. The van der Waals surface area contributed by atoms with E-state index in [9.17, 15) is 5.21 Å². The molecule has 0 aromatic carbocycles. The molecule has 0 heterocycles. The van der Waals surface area contributed by atoms with Crippen LogP contribution in [0.4, 0.5) is 0 Å². The van der Waals surface area contributed by atoms with E-state index in [4.69, 9.17) is 10.9 Å². The quantitative estimate of drug-likeness (QED) is 0.296. The van der Waals surface area contributed by atoms with Crippen molar-refractivity contribution in [2.75, 3.05) is 26.2 Å². The average molecular weight is 205 g/mol. The van der Waals surface area contributed by atoms with Crippen LogP contribution in [-0.4, -0.2) is 47.4 Å². The molecule has 0 rings (SSSR count). The lowest BCUT2D eigenvalue weighted by Gasteiger charge is -2.17. The molecule has 0 saturated carbocycles. The monoisotopic (exact) mass is 205 g/mol. The van der Waals surface area contributed by atoms with E-state index in [1.54, 1.807) is 0 Å². The van der Waals surface area contributed by atoms with Gasteiger partial charge in [-0.25, -0.2) is 0 Å². The highest BCUT2D eigenvalue weighted by Crippen LogP contribution is 1.88. The van der Waals surface area contributed by atoms with Crippen molar-refractivity contribution >= 4 is 0 Å². The lowest BCUT2D eigenvalue weighted by Crippen LogP contribution is -2.41. The third kappa shape index (κ3) is 5.55. The van der Waals surface area contributed by atoms with Gasteiger partial charge in [-0.15, -0.1) is 5.01 Å². The Hall–Kier alpha value is -1.08. The van der Waals surface area contributed by atoms with E-state index < -0.39 is 0 Å². The Morgan fingerprint density at radius 1 is 1.57 bits per heavy atom. The zero-order valence-corrected chi connectivity index (χ0v) is 8.68. The number of nitrogens with two attached hydrogens (primary N) is 1. The number of hydrazine groups is 1. The molecule has 0 bridgehead atoms. The van der Waals surface area contributed by atoms with Crippen molar-refractivity contribution in [1.82, 2.24) is 10.3 Å². The van der Waals surface area contributed by atoms with Crippen molar-refractivity contribution in [1.29, 1.82) is 0 Å². The molecule has 0 aliphatic carbocycles. The van der Waals surface area contributed by atoms with Gasteiger partial charge in [-0.3, -0.25) is 0 Å². The van der Waals surface area contributed by atoms with Gasteiger partial charge in [-0.1, -0.05) is 13.8 Å². The van der Waals surface area contributed by atoms with Crippen LogP contribution in [-0.2, 0) is 0 Å². The Bertz CT molecular complexity index is 173. The van der Waals surface area contributed by atoms with Crippen LogP contribution in [0.15, 0.2) is 5.28 Å². The highest BCUT2D eigenvalue weighted by atomic mass is 16.6. The van der Waals surface area contributed by atoms with Gasteiger partial charge in [-0.2, -0.15) is 0 Å². The molecule has 0 aliphatic rings. The number of rotatable bonds is 7. The molecule has 0 amide bonds. The molecule has 0 spiro atoms. The summed E-state index contributed by atoms with van der Waals surface area (Å²) in [5.74, 6) is 0. The zero-order valence-electron chi connectivity index (χ0n) is 8.68. The van der Waals surface area contributed by atoms with Crippen molar-refractivity contribution in [3.63, 3.8) is 0 Å². The lowest BCUT2D eigenvalue weighted by atomic mass is 10.4. The van der Waals surface area contributed by atoms with E-state index in [0.717, 1.165) is 0 Å². The summed E-state index contributed by atoms with van der Waals surface area (Å²) in [5, 5.41) is 26.2. The topological polar surface area (TPSA) is 100.0 Å². The van der Waals surface area contributed by atoms with E-state index in [1.807, 2.05) is 13.8 Å². The Morgan fingerprint density at radius 2 is 2.21 bits per heavy atom. The molecular weight excluding hydrogens is 186 g/mol. The van der Waals surface area contributed by atoms with E-state index in [0.29, 0.717) is 32.2 Å². The average Bonchev–Trinajstić information content (AvgIpc) is 2.15. The fraction of sp³-hybridized carbons (Fsp3) is 1.00. The molecule has 4 N–H and O–H groups in total. The Kier molecular flexibility index (Phi) is 6.77. The second-order valence-electron chi connectivity index (χ2n) is 3.19. The second-order valence-corrected chi connectivity index (χ2v) is 3.19. The molecule has 84 valence electrons. The summed E-state index contributed by atoms with van der Waals surface area (Å²) < 4.78 is 0. The third-order valence-electron chi connectivity index (χ3n) is 1.63. The summed E-state index contributed by atoms with van der Waals surface area (Å²) in [6, 6.07) is 0.362. The van der Waals surface area contributed by atoms with Gasteiger partial charge in [0, 0.05) is 19.1 Å². The summed E-state index contributed by atoms with van der Waals surface area (Å²) in [4.78, 5) is 0.148. The molecule has 7 nitrogen and oxygen atoms in total. The van der Waals surface area contributed by atoms with Crippen molar-refractivity contribution < 1.29 is 10.2 Å². The molecule has 0 aliphatic heterocycles. The summed E-state index contributed by atoms with van der Waals surface area (Å²) in [6.45, 7) is 5.84. The van der Waals surface area contributed by atoms with Crippen molar-refractivity contribution in [2.24, 2.45) is 11.0 Å². The van der Waals surface area contributed by atoms with Gasteiger partial charge >= 0.3 is 0 Å². The lowest BCUT2D eigenvalue weighted by molar-refractivity contribution is -0.709. The Balaban J connectivity index is 3.85. The van der Waals surface area contributed by atoms with Gasteiger partial charge in [0.25, 0.3) is 0 Å². The summed E-state index contributed by atoms with van der Waals surface area (Å²) in [7, 11) is 0. The Morgan fingerprint density at radius 3 is 2.64 bits per heavy atom. The minimum absolute atomic E-state index is 0.148. The predicted octanol–water partition coefficient (Wildman–Crippen LogP) is -0.488. The number of nitrogens with one attached hydrogen (secondary N) is 1. The van der Waals surface area contributed by atoms with E-state index >= 15 is 0 Å². The fourth-order valence-corrected chi connectivity index (χ4v) is 0.971. The van der Waals surface area contributed by atoms with Gasteiger partial charge < -0.3 is 21.5 Å². The van der Waals surface area contributed by atoms with Gasteiger partial charge in [0.05, 0.1) is 18.1 Å². The molecule has 0 atom stereocenters. The van der Waals surface area contributed by atoms with Crippen LogP contribution >= 0.6 is 0 Å². The zero-order chi connectivity index (χ0) is 11.0. The van der Waals surface area contributed by atoms with Crippen LogP contribution in [0.3, 0.4) is 0 Å². The summed E-state index contributed by atoms with van der Waals surface area (Å²) >= 11 is 0. The van der Waals surface area contributed by atoms with Crippen LogP contribution in [0.25, 0.3) is 0 Å². The second kappa shape index (κ2) is 7.34. The van der Waals surface area contributed by atoms with Gasteiger partial charge in [0.15, 0.2) is 0 Å². The van der Waals surface area contributed by atoms with Crippen molar-refractivity contribution in [3.05, 3.63) is 5.21 Å². The van der Waals surface area contributed by atoms with Crippen LogP contribution in [0, 0.1) is 5.21 Å². The maximum atomic E-state index is 10.9. The first-order valence-corrected chi connectivity index (χ1v) is 4.62. The SMILES string of the molecule is CC(C)NCCN(CCN)/[N+]([O-])=N/O. The van der Waals surface area contributed by atoms with Gasteiger partial charge in [0.2, 0.25) is 5.28 Å². The van der Waals surface area contributed by atoms with E-state index in [-0.39, 0.29) is 4.97 Å². The fourth-order valence-electron chi connectivity index (χ4n) is 0.971. The number of hydrogen-bond donors (Lipinski definition) is 3. The largest absolute Gasteiger partial charge is 0.569 e. The highest BCUT2D eigenvalue weighted by molar-refractivity contribution is 4.55. The summed E-state index contributed by atoms with van der Waals surface area (Å²) in [5.41, 5.74) is 5.30. The molecule has 0 unspecified atom stereocenters. The molecule has 0 aromatic rings. The standard InChI is InChI=1S/C7H19N5O2/c1-7(2)9-4-6-11(5-3-8)12(14)10-13/h7,9,13H,3-6,8H2,1-2H3/b12-10-. The molecule has 0 fully saturated rings. The van der Waals surface area contributed by atoms with E-state index in [2.05, 4.69) is 10.6 Å². The smallest absolute Gasteiger partial charge is 0.230 e. The molecule has 14 heavy (non-hydrogen) atoms. The molecule has 0 aromatic heterocycles. The molecular formula is C7H19N5O2. The normalized spacial score (nSPS) is 12.1. The van der Waals surface area contributed by atoms with Gasteiger partial charge in [-0.05, 0) is 0 Å². The van der Waals surface area contributed by atoms with E-state index in [1.165, 1.54) is 5.01 Å². The van der Waals surface area contributed by atoms with Crippen LogP contribution in [0.1, 0.15) is 13.8 Å².